The Morgan fingerprint density at radius 1 is 0.940 bits per heavy atom. The summed E-state index contributed by atoms with van der Waals surface area (Å²) < 4.78 is 33.3. The van der Waals surface area contributed by atoms with Crippen molar-refractivity contribution in [3.05, 3.63) is 71.8 Å². The monoisotopic (exact) mass is 716 g/mol. The van der Waals surface area contributed by atoms with Crippen LogP contribution in [0.25, 0.3) is 0 Å². The van der Waals surface area contributed by atoms with Gasteiger partial charge in [0.05, 0.1) is 12.6 Å². The highest BCUT2D eigenvalue weighted by Gasteiger charge is 2.29. The van der Waals surface area contributed by atoms with Crippen LogP contribution in [0, 0.1) is 0 Å². The largest absolute Gasteiger partial charge is 0.445 e. The first-order valence-electron chi connectivity index (χ1n) is 17.1. The van der Waals surface area contributed by atoms with Crippen LogP contribution in [0.4, 0.5) is 4.79 Å². The van der Waals surface area contributed by atoms with E-state index in [1.807, 2.05) is 37.3 Å². The SMILES string of the molecule is CCCCC(CO[PH](=O)OC(C)C(=O)OC(=O)[C@@H]1CCCN1)NC(=O)C(CCCCNC(=O)OCc1ccccc1)NC(=O)c1ccccc1. The number of carbonyl (C=O) groups is 5. The second kappa shape index (κ2) is 22.6. The predicted molar refractivity (Wildman–Crippen MR) is 185 cm³/mol. The number of ether oxygens (including phenoxy) is 2. The Labute approximate surface area is 293 Å². The molecule has 0 radical (unpaired) electrons. The lowest BCUT2D eigenvalue weighted by atomic mass is 10.1. The fraction of sp³-hybridized carbons (Fsp3) is 0.514. The van der Waals surface area contributed by atoms with E-state index >= 15 is 0 Å². The van der Waals surface area contributed by atoms with Gasteiger partial charge in [0.1, 0.15) is 18.7 Å². The molecule has 4 unspecified atom stereocenters. The van der Waals surface area contributed by atoms with E-state index in [1.165, 1.54) is 6.92 Å². The van der Waals surface area contributed by atoms with Crippen LogP contribution in [-0.4, -0.2) is 73.8 Å². The summed E-state index contributed by atoms with van der Waals surface area (Å²) in [5.41, 5.74) is 1.26. The molecule has 15 heteroatoms. The van der Waals surface area contributed by atoms with Crippen LogP contribution in [0.1, 0.15) is 81.1 Å². The third-order valence-corrected chi connectivity index (χ3v) is 8.81. The van der Waals surface area contributed by atoms with Gasteiger partial charge in [0.25, 0.3) is 5.91 Å². The van der Waals surface area contributed by atoms with Crippen molar-refractivity contribution in [2.75, 3.05) is 19.7 Å². The standard InChI is InChI=1S/C35H49N4O10P/c1-3-4-18-28(24-47-50(45)49-25(2)33(42)48-34(43)30-20-13-22-36-30)38-32(41)29(39-31(40)27-16-9-6-10-17-27)19-11-12-21-37-35(44)46-23-26-14-7-5-8-15-26/h5-10,14-17,25,28-30,36,50H,3-4,11-13,18-24H2,1-2H3,(H,37,44)(H,38,41)(H,39,40)/t25?,28?,29?,30-/m0/s1. The lowest BCUT2D eigenvalue weighted by molar-refractivity contribution is -0.165. The zero-order chi connectivity index (χ0) is 36.1. The fourth-order valence-electron chi connectivity index (χ4n) is 5.02. The highest BCUT2D eigenvalue weighted by Crippen LogP contribution is 2.27. The zero-order valence-corrected chi connectivity index (χ0v) is 29.7. The van der Waals surface area contributed by atoms with Crippen molar-refractivity contribution >= 4 is 38.1 Å². The number of alkyl carbamates (subject to hydrolysis) is 1. The molecule has 1 saturated heterocycles. The van der Waals surface area contributed by atoms with E-state index in [1.54, 1.807) is 30.3 Å². The van der Waals surface area contributed by atoms with Crippen molar-refractivity contribution in [3.8, 4) is 0 Å². The van der Waals surface area contributed by atoms with Crippen LogP contribution in [0.3, 0.4) is 0 Å². The highest BCUT2D eigenvalue weighted by atomic mass is 31.1. The quantitative estimate of drug-likeness (QED) is 0.0628. The average Bonchev–Trinajstić information content (AvgIpc) is 3.67. The Balaban J connectivity index is 1.50. The third kappa shape index (κ3) is 15.2. The summed E-state index contributed by atoms with van der Waals surface area (Å²) in [4.78, 5) is 63.0. The molecule has 14 nitrogen and oxygen atoms in total. The van der Waals surface area contributed by atoms with Gasteiger partial charge in [-0.1, -0.05) is 68.3 Å². The number of amides is 3. The summed E-state index contributed by atoms with van der Waals surface area (Å²) in [6, 6.07) is 15.8. The average molecular weight is 717 g/mol. The molecular weight excluding hydrogens is 667 g/mol. The molecule has 50 heavy (non-hydrogen) atoms. The van der Waals surface area contributed by atoms with E-state index in [2.05, 4.69) is 21.3 Å². The van der Waals surface area contributed by atoms with Gasteiger partial charge >= 0.3 is 26.3 Å². The molecule has 5 atom stereocenters. The van der Waals surface area contributed by atoms with Crippen molar-refractivity contribution in [2.24, 2.45) is 0 Å². The van der Waals surface area contributed by atoms with E-state index in [4.69, 9.17) is 18.5 Å². The molecule has 4 N–H and O–H groups in total. The Morgan fingerprint density at radius 2 is 1.66 bits per heavy atom. The summed E-state index contributed by atoms with van der Waals surface area (Å²) in [7, 11) is -3.21. The second-order valence-electron chi connectivity index (χ2n) is 11.9. The normalized spacial score (nSPS) is 16.3. The van der Waals surface area contributed by atoms with Crippen LogP contribution in [0.2, 0.25) is 0 Å². The molecule has 0 saturated carbocycles. The van der Waals surface area contributed by atoms with Gasteiger partial charge in [0.15, 0.2) is 6.10 Å². The number of benzene rings is 2. The number of rotatable bonds is 21. The molecule has 2 aromatic carbocycles. The van der Waals surface area contributed by atoms with Gasteiger partial charge in [-0.25, -0.2) is 14.4 Å². The molecule has 0 aromatic heterocycles. The maximum Gasteiger partial charge on any atom is 0.407 e. The van der Waals surface area contributed by atoms with Gasteiger partial charge < -0.3 is 35.3 Å². The molecule has 2 aromatic rings. The van der Waals surface area contributed by atoms with Crippen molar-refractivity contribution in [2.45, 2.75) is 96.1 Å². The molecule has 0 spiro atoms. The highest BCUT2D eigenvalue weighted by molar-refractivity contribution is 7.33. The summed E-state index contributed by atoms with van der Waals surface area (Å²) in [5.74, 6) is -2.56. The first kappa shape index (κ1) is 40.3. The number of nitrogens with one attached hydrogen (secondary N) is 4. The minimum absolute atomic E-state index is 0.148. The second-order valence-corrected chi connectivity index (χ2v) is 13.0. The Kier molecular flexibility index (Phi) is 18.2. The molecule has 1 aliphatic rings. The predicted octanol–water partition coefficient (Wildman–Crippen LogP) is 4.19. The molecule has 1 fully saturated rings. The Bertz CT molecular complexity index is 1390. The number of carbonyl (C=O) groups excluding carboxylic acids is 5. The molecule has 0 bridgehead atoms. The third-order valence-electron chi connectivity index (χ3n) is 7.87. The van der Waals surface area contributed by atoms with E-state index in [0.29, 0.717) is 44.3 Å². The van der Waals surface area contributed by atoms with E-state index < -0.39 is 62.3 Å². The van der Waals surface area contributed by atoms with Crippen molar-refractivity contribution in [3.63, 3.8) is 0 Å². The minimum atomic E-state index is -3.21. The van der Waals surface area contributed by atoms with Crippen LogP contribution in [0.15, 0.2) is 60.7 Å². The van der Waals surface area contributed by atoms with Crippen molar-refractivity contribution in [1.82, 2.24) is 21.3 Å². The lowest BCUT2D eigenvalue weighted by Gasteiger charge is -2.24. The smallest absolute Gasteiger partial charge is 0.407 e. The minimum Gasteiger partial charge on any atom is -0.445 e. The molecule has 1 aliphatic heterocycles. The van der Waals surface area contributed by atoms with E-state index in [-0.39, 0.29) is 19.6 Å². The number of hydrogen-bond acceptors (Lipinski definition) is 11. The summed E-state index contributed by atoms with van der Waals surface area (Å²) in [6.07, 6.45) is 2.83. The molecule has 1 heterocycles. The fourth-order valence-corrected chi connectivity index (χ4v) is 5.81. The lowest BCUT2D eigenvalue weighted by Crippen LogP contribution is -2.50. The van der Waals surface area contributed by atoms with E-state index in [9.17, 15) is 28.5 Å². The molecule has 3 amide bonds. The number of esters is 2. The van der Waals surface area contributed by atoms with Gasteiger partial charge in [-0.3, -0.25) is 18.7 Å². The van der Waals surface area contributed by atoms with Crippen LogP contribution in [0.5, 0.6) is 0 Å². The van der Waals surface area contributed by atoms with Crippen molar-refractivity contribution < 1.29 is 47.1 Å². The Morgan fingerprint density at radius 3 is 2.34 bits per heavy atom. The first-order chi connectivity index (χ1) is 24.2. The summed E-state index contributed by atoms with van der Waals surface area (Å²) >= 11 is 0. The van der Waals surface area contributed by atoms with Crippen molar-refractivity contribution in [1.29, 1.82) is 0 Å². The van der Waals surface area contributed by atoms with Gasteiger partial charge in [0, 0.05) is 12.1 Å². The zero-order valence-electron chi connectivity index (χ0n) is 28.7. The van der Waals surface area contributed by atoms with Gasteiger partial charge in [-0.2, -0.15) is 0 Å². The molecule has 0 aliphatic carbocycles. The van der Waals surface area contributed by atoms with Crippen LogP contribution in [-0.2, 0) is 44.1 Å². The number of unbranched alkanes of at least 4 members (excludes halogenated alkanes) is 2. The molecule has 274 valence electrons. The topological polar surface area (TPSA) is 187 Å². The maximum absolute atomic E-state index is 13.5. The van der Waals surface area contributed by atoms with Crippen LogP contribution < -0.4 is 21.3 Å². The maximum atomic E-state index is 13.5. The summed E-state index contributed by atoms with van der Waals surface area (Å²) in [6.45, 7) is 4.23. The Hall–Kier alpha value is -4.10. The van der Waals surface area contributed by atoms with Crippen LogP contribution >= 0.6 is 8.25 Å². The van der Waals surface area contributed by atoms with Gasteiger partial charge in [-0.15, -0.1) is 0 Å². The van der Waals surface area contributed by atoms with E-state index in [0.717, 1.165) is 24.8 Å². The first-order valence-corrected chi connectivity index (χ1v) is 18.3. The number of hydrogen-bond donors (Lipinski definition) is 4. The molecule has 3 rings (SSSR count). The van der Waals surface area contributed by atoms with Gasteiger partial charge in [0.2, 0.25) is 5.91 Å². The van der Waals surface area contributed by atoms with Gasteiger partial charge in [-0.05, 0) is 69.7 Å². The summed E-state index contributed by atoms with van der Waals surface area (Å²) in [5, 5.41) is 11.3. The molecular formula is C35H49N4O10P.